The maximum Gasteiger partial charge on any atom is 0.220 e. The second kappa shape index (κ2) is 7.44. The van der Waals surface area contributed by atoms with E-state index >= 15 is 0 Å². The van der Waals surface area contributed by atoms with Gasteiger partial charge in [-0.25, -0.2) is 0 Å². The summed E-state index contributed by atoms with van der Waals surface area (Å²) in [5.41, 5.74) is 0.351. The van der Waals surface area contributed by atoms with Crippen LogP contribution < -0.4 is 10.6 Å². The Labute approximate surface area is 124 Å². The molecule has 1 saturated carbocycles. The molecule has 0 spiro atoms. The first-order chi connectivity index (χ1) is 9.59. The predicted molar refractivity (Wildman–Crippen MR) is 83.6 cm³/mol. The zero-order chi connectivity index (χ0) is 14.4. The molecular formula is C17H32N2O. The second-order valence-corrected chi connectivity index (χ2v) is 7.44. The van der Waals surface area contributed by atoms with E-state index in [1.807, 2.05) is 0 Å². The van der Waals surface area contributed by atoms with Crippen molar-refractivity contribution >= 4 is 5.91 Å². The zero-order valence-corrected chi connectivity index (χ0v) is 13.3. The van der Waals surface area contributed by atoms with Gasteiger partial charge in [0.05, 0.1) is 0 Å². The number of hydrogen-bond donors (Lipinski definition) is 2. The van der Waals surface area contributed by atoms with Gasteiger partial charge in [-0.3, -0.25) is 4.79 Å². The molecule has 2 atom stereocenters. The van der Waals surface area contributed by atoms with Crippen molar-refractivity contribution in [2.75, 3.05) is 19.6 Å². The van der Waals surface area contributed by atoms with Crippen LogP contribution in [0.1, 0.15) is 65.2 Å². The number of carbonyl (C=O) groups excluding carboxylic acids is 1. The second-order valence-electron chi connectivity index (χ2n) is 7.44. The minimum atomic E-state index is 0.259. The van der Waals surface area contributed by atoms with Crippen LogP contribution in [-0.2, 0) is 4.79 Å². The standard InChI is InChI=1S/C17H32N2O/c1-14(15-7-6-10-18-12-15)11-16(20)19-13-17(2)8-4-3-5-9-17/h14-15,18H,3-13H2,1-2H3,(H,19,20). The first-order valence-electron chi connectivity index (χ1n) is 8.56. The highest BCUT2D eigenvalue weighted by atomic mass is 16.1. The van der Waals surface area contributed by atoms with Crippen LogP contribution in [0.25, 0.3) is 0 Å². The molecule has 20 heavy (non-hydrogen) atoms. The van der Waals surface area contributed by atoms with E-state index in [-0.39, 0.29) is 5.91 Å². The lowest BCUT2D eigenvalue weighted by molar-refractivity contribution is -0.122. The third-order valence-corrected chi connectivity index (χ3v) is 5.42. The van der Waals surface area contributed by atoms with Gasteiger partial charge in [0.25, 0.3) is 0 Å². The molecule has 2 N–H and O–H groups in total. The quantitative estimate of drug-likeness (QED) is 0.812. The normalized spacial score (nSPS) is 27.8. The van der Waals surface area contributed by atoms with Gasteiger partial charge in [0.2, 0.25) is 5.91 Å². The first kappa shape index (κ1) is 15.8. The molecule has 2 rings (SSSR count). The van der Waals surface area contributed by atoms with E-state index in [4.69, 9.17) is 0 Å². The van der Waals surface area contributed by atoms with E-state index in [9.17, 15) is 4.79 Å². The van der Waals surface area contributed by atoms with E-state index in [1.54, 1.807) is 0 Å². The summed E-state index contributed by atoms with van der Waals surface area (Å²) in [7, 11) is 0. The Kier molecular flexibility index (Phi) is 5.88. The molecule has 2 fully saturated rings. The van der Waals surface area contributed by atoms with Crippen LogP contribution in [0.3, 0.4) is 0 Å². The Hall–Kier alpha value is -0.570. The average Bonchev–Trinajstić information content (AvgIpc) is 2.47. The smallest absolute Gasteiger partial charge is 0.220 e. The molecule has 3 heteroatoms. The summed E-state index contributed by atoms with van der Waals surface area (Å²) in [4.78, 5) is 12.1. The molecule has 0 radical (unpaired) electrons. The molecule has 1 amide bonds. The highest BCUT2D eigenvalue weighted by molar-refractivity contribution is 5.76. The van der Waals surface area contributed by atoms with E-state index in [1.165, 1.54) is 44.9 Å². The van der Waals surface area contributed by atoms with Crippen molar-refractivity contribution < 1.29 is 4.79 Å². The van der Waals surface area contributed by atoms with Gasteiger partial charge >= 0.3 is 0 Å². The van der Waals surface area contributed by atoms with Crippen molar-refractivity contribution in [3.8, 4) is 0 Å². The maximum atomic E-state index is 12.1. The van der Waals surface area contributed by atoms with E-state index in [0.717, 1.165) is 19.6 Å². The molecule has 3 nitrogen and oxygen atoms in total. The Morgan fingerprint density at radius 3 is 2.70 bits per heavy atom. The lowest BCUT2D eigenvalue weighted by Gasteiger charge is -2.34. The van der Waals surface area contributed by atoms with Crippen LogP contribution in [0.4, 0.5) is 0 Å². The molecule has 1 aliphatic heterocycles. The number of rotatable bonds is 5. The van der Waals surface area contributed by atoms with E-state index in [2.05, 4.69) is 24.5 Å². The number of amides is 1. The largest absolute Gasteiger partial charge is 0.356 e. The van der Waals surface area contributed by atoms with Crippen LogP contribution >= 0.6 is 0 Å². The molecule has 1 aliphatic carbocycles. The van der Waals surface area contributed by atoms with E-state index in [0.29, 0.717) is 23.7 Å². The third kappa shape index (κ3) is 4.76. The summed E-state index contributed by atoms with van der Waals surface area (Å²) in [5, 5.41) is 6.65. The maximum absolute atomic E-state index is 12.1. The van der Waals surface area contributed by atoms with Crippen molar-refractivity contribution in [3.63, 3.8) is 0 Å². The Bertz CT molecular complexity index is 304. The van der Waals surface area contributed by atoms with Crippen molar-refractivity contribution in [1.82, 2.24) is 10.6 Å². The average molecular weight is 280 g/mol. The van der Waals surface area contributed by atoms with Crippen molar-refractivity contribution in [1.29, 1.82) is 0 Å². The van der Waals surface area contributed by atoms with Gasteiger partial charge < -0.3 is 10.6 Å². The lowest BCUT2D eigenvalue weighted by Crippen LogP contribution is -2.39. The van der Waals surface area contributed by atoms with Crippen LogP contribution in [0.2, 0.25) is 0 Å². The fourth-order valence-corrected chi connectivity index (χ4v) is 3.79. The molecule has 1 saturated heterocycles. The summed E-state index contributed by atoms with van der Waals surface area (Å²) < 4.78 is 0. The lowest BCUT2D eigenvalue weighted by atomic mass is 9.75. The van der Waals surface area contributed by atoms with Crippen LogP contribution in [-0.4, -0.2) is 25.5 Å². The Morgan fingerprint density at radius 2 is 2.05 bits per heavy atom. The molecule has 116 valence electrons. The number of hydrogen-bond acceptors (Lipinski definition) is 2. The molecule has 0 aromatic rings. The predicted octanol–water partition coefficient (Wildman–Crippen LogP) is 3.10. The van der Waals surface area contributed by atoms with Gasteiger partial charge in [-0.2, -0.15) is 0 Å². The molecule has 0 aromatic heterocycles. The van der Waals surface area contributed by atoms with Gasteiger partial charge in [-0.05, 0) is 56.0 Å². The molecular weight excluding hydrogens is 248 g/mol. The monoisotopic (exact) mass is 280 g/mol. The summed E-state index contributed by atoms with van der Waals surface area (Å²) in [6.45, 7) is 7.68. The van der Waals surface area contributed by atoms with Crippen LogP contribution in [0.5, 0.6) is 0 Å². The SMILES string of the molecule is CC(CC(=O)NCC1(C)CCCCC1)C1CCCNC1. The van der Waals surface area contributed by atoms with Crippen molar-refractivity contribution in [3.05, 3.63) is 0 Å². The van der Waals surface area contributed by atoms with Gasteiger partial charge in [-0.1, -0.05) is 33.1 Å². The van der Waals surface area contributed by atoms with Crippen LogP contribution in [0, 0.1) is 17.3 Å². The fraction of sp³-hybridized carbons (Fsp3) is 0.941. The molecule has 1 heterocycles. The van der Waals surface area contributed by atoms with Gasteiger partial charge in [0.15, 0.2) is 0 Å². The Balaban J connectivity index is 1.69. The molecule has 0 aromatic carbocycles. The molecule has 0 bridgehead atoms. The van der Waals surface area contributed by atoms with Gasteiger partial charge in [0, 0.05) is 13.0 Å². The molecule has 2 aliphatic rings. The van der Waals surface area contributed by atoms with E-state index < -0.39 is 0 Å². The Morgan fingerprint density at radius 1 is 1.30 bits per heavy atom. The highest BCUT2D eigenvalue weighted by Crippen LogP contribution is 2.35. The summed E-state index contributed by atoms with van der Waals surface area (Å²) in [6.07, 6.45) is 9.81. The topological polar surface area (TPSA) is 41.1 Å². The fourth-order valence-electron chi connectivity index (χ4n) is 3.79. The summed E-state index contributed by atoms with van der Waals surface area (Å²) in [5.74, 6) is 1.44. The first-order valence-corrected chi connectivity index (χ1v) is 8.56. The molecule has 2 unspecified atom stereocenters. The third-order valence-electron chi connectivity index (χ3n) is 5.42. The minimum absolute atomic E-state index is 0.259. The minimum Gasteiger partial charge on any atom is -0.356 e. The van der Waals surface area contributed by atoms with Gasteiger partial charge in [0.1, 0.15) is 0 Å². The number of carbonyl (C=O) groups is 1. The van der Waals surface area contributed by atoms with Crippen LogP contribution in [0.15, 0.2) is 0 Å². The van der Waals surface area contributed by atoms with Crippen molar-refractivity contribution in [2.24, 2.45) is 17.3 Å². The van der Waals surface area contributed by atoms with Gasteiger partial charge in [-0.15, -0.1) is 0 Å². The summed E-state index contributed by atoms with van der Waals surface area (Å²) in [6, 6.07) is 0. The zero-order valence-electron chi connectivity index (χ0n) is 13.3. The summed E-state index contributed by atoms with van der Waals surface area (Å²) >= 11 is 0. The number of nitrogens with one attached hydrogen (secondary N) is 2. The number of piperidine rings is 1. The van der Waals surface area contributed by atoms with Crippen molar-refractivity contribution in [2.45, 2.75) is 65.2 Å². The highest BCUT2D eigenvalue weighted by Gasteiger charge is 2.28.